The highest BCUT2D eigenvalue weighted by atomic mass is 14.6. The van der Waals surface area contributed by atoms with Crippen LogP contribution in [0.3, 0.4) is 0 Å². The van der Waals surface area contributed by atoms with Gasteiger partial charge in [0.15, 0.2) is 0 Å². The summed E-state index contributed by atoms with van der Waals surface area (Å²) in [5.74, 6) is 0. The van der Waals surface area contributed by atoms with E-state index in [9.17, 15) is 0 Å². The van der Waals surface area contributed by atoms with Crippen LogP contribution in [0.15, 0.2) is 42.8 Å². The molecule has 0 fully saturated rings. The molecule has 1 heterocycles. The fourth-order valence-electron chi connectivity index (χ4n) is 1.25. The maximum atomic E-state index is 4.07. The van der Waals surface area contributed by atoms with Gasteiger partial charge in [0.1, 0.15) is 0 Å². The zero-order valence-electron chi connectivity index (χ0n) is 6.77. The van der Waals surface area contributed by atoms with Gasteiger partial charge in [-0.25, -0.2) is 0 Å². The van der Waals surface area contributed by atoms with Gasteiger partial charge in [0.2, 0.25) is 0 Å². The molecule has 12 heavy (non-hydrogen) atoms. The third kappa shape index (κ3) is 1.45. The Morgan fingerprint density at radius 1 is 1.33 bits per heavy atom. The van der Waals surface area contributed by atoms with E-state index in [0.29, 0.717) is 0 Å². The monoisotopic (exact) mass is 156 g/mol. The summed E-state index contributed by atoms with van der Waals surface area (Å²) in [6, 6.07) is 4.03. The number of aromatic nitrogens is 1. The molecule has 0 amide bonds. The number of hydrogen-bond donors (Lipinski definition) is 0. The Bertz CT molecular complexity index is 309. The minimum atomic E-state index is 1.05. The quantitative estimate of drug-likeness (QED) is 0.609. The highest BCUT2D eigenvalue weighted by Gasteiger charge is 1.99. The molecular weight excluding hydrogens is 146 g/mol. The van der Waals surface area contributed by atoms with Crippen LogP contribution in [0.1, 0.15) is 12.0 Å². The second kappa shape index (κ2) is 3.35. The first-order valence-electron chi connectivity index (χ1n) is 4.07. The molecule has 1 heteroatoms. The summed E-state index contributed by atoms with van der Waals surface area (Å²) < 4.78 is 0. The minimum Gasteiger partial charge on any atom is -0.264 e. The van der Waals surface area contributed by atoms with E-state index in [4.69, 9.17) is 0 Å². The van der Waals surface area contributed by atoms with Crippen molar-refractivity contribution >= 4 is 5.57 Å². The van der Waals surface area contributed by atoms with E-state index in [1.54, 1.807) is 6.20 Å². The van der Waals surface area contributed by atoms with Crippen LogP contribution in [0.5, 0.6) is 0 Å². The summed E-state index contributed by atoms with van der Waals surface area (Å²) in [4.78, 5) is 4.07. The second-order valence-electron chi connectivity index (χ2n) is 2.74. The van der Waals surface area contributed by atoms with Gasteiger partial charge < -0.3 is 0 Å². The molecule has 1 aliphatic rings. The lowest BCUT2D eigenvalue weighted by Gasteiger charge is -2.05. The third-order valence-electron chi connectivity index (χ3n) is 1.86. The van der Waals surface area contributed by atoms with Crippen molar-refractivity contribution in [2.45, 2.75) is 6.42 Å². The van der Waals surface area contributed by atoms with Gasteiger partial charge in [-0.15, -0.1) is 0 Å². The predicted octanol–water partition coefficient (Wildman–Crippen LogP) is 2.63. The van der Waals surface area contributed by atoms with Crippen LogP contribution in [-0.2, 0) is 0 Å². The number of nitrogens with zero attached hydrogens (tertiary/aromatic N) is 1. The number of rotatable bonds is 1. The number of pyridine rings is 1. The van der Waals surface area contributed by atoms with Gasteiger partial charge in [-0.2, -0.15) is 0 Å². The van der Waals surface area contributed by atoms with Gasteiger partial charge in [-0.1, -0.05) is 24.3 Å². The van der Waals surface area contributed by atoms with Gasteiger partial charge in [0.05, 0.1) is 0 Å². The highest BCUT2D eigenvalue weighted by molar-refractivity contribution is 5.75. The molecule has 0 N–H and O–H groups in total. The van der Waals surface area contributed by atoms with Gasteiger partial charge >= 0.3 is 0 Å². The second-order valence-corrected chi connectivity index (χ2v) is 2.74. The normalized spacial score (nSPS) is 15.8. The molecule has 1 aliphatic carbocycles. The Kier molecular flexibility index (Phi) is 2.04. The minimum absolute atomic E-state index is 1.05. The van der Waals surface area contributed by atoms with E-state index in [2.05, 4.69) is 35.7 Å². The van der Waals surface area contributed by atoms with E-state index in [1.807, 2.05) is 12.3 Å². The van der Waals surface area contributed by atoms with Crippen molar-refractivity contribution in [1.82, 2.24) is 4.98 Å². The maximum Gasteiger partial charge on any atom is 0.0346 e. The molecule has 0 saturated heterocycles. The fourth-order valence-corrected chi connectivity index (χ4v) is 1.25. The summed E-state index contributed by atoms with van der Waals surface area (Å²) in [6.07, 6.45) is 13.3. The highest BCUT2D eigenvalue weighted by Crippen LogP contribution is 2.19. The van der Waals surface area contributed by atoms with Gasteiger partial charge in [-0.05, 0) is 30.0 Å². The van der Waals surface area contributed by atoms with Crippen LogP contribution < -0.4 is 0 Å². The average Bonchev–Trinajstić information content (AvgIpc) is 2.21. The Labute approximate surface area is 72.5 Å². The summed E-state index contributed by atoms with van der Waals surface area (Å²) in [5.41, 5.74) is 2.43. The zero-order valence-corrected chi connectivity index (χ0v) is 6.77. The standard InChI is InChI=1S/C11H10N/c1-2-5-10(6-3-1)11-7-4-8-12-9-11/h2-9H,1H2. The molecule has 0 aliphatic heterocycles. The Morgan fingerprint density at radius 2 is 2.33 bits per heavy atom. The van der Waals surface area contributed by atoms with Gasteiger partial charge in [0.25, 0.3) is 0 Å². The van der Waals surface area contributed by atoms with E-state index in [0.717, 1.165) is 6.42 Å². The molecule has 1 aromatic heterocycles. The molecule has 0 saturated carbocycles. The van der Waals surface area contributed by atoms with Crippen LogP contribution in [0.2, 0.25) is 0 Å². The summed E-state index contributed by atoms with van der Waals surface area (Å²) >= 11 is 0. The molecule has 0 unspecified atom stereocenters. The summed E-state index contributed by atoms with van der Waals surface area (Å²) in [6.45, 7) is 0. The van der Waals surface area contributed by atoms with Crippen molar-refractivity contribution in [1.29, 1.82) is 0 Å². The van der Waals surface area contributed by atoms with E-state index in [-0.39, 0.29) is 0 Å². The Hall–Kier alpha value is -1.37. The van der Waals surface area contributed by atoms with Crippen molar-refractivity contribution < 1.29 is 0 Å². The van der Waals surface area contributed by atoms with Crippen molar-refractivity contribution in [3.8, 4) is 0 Å². The first-order chi connectivity index (χ1) is 5.97. The van der Waals surface area contributed by atoms with Crippen LogP contribution in [0, 0.1) is 6.42 Å². The molecule has 1 nitrogen and oxygen atoms in total. The molecule has 1 radical (unpaired) electrons. The Morgan fingerprint density at radius 3 is 3.00 bits per heavy atom. The molecule has 2 rings (SSSR count). The number of hydrogen-bond acceptors (Lipinski definition) is 1. The fraction of sp³-hybridized carbons (Fsp3) is 0.0909. The molecule has 1 aromatic rings. The van der Waals surface area contributed by atoms with Crippen LogP contribution in [0.25, 0.3) is 5.57 Å². The van der Waals surface area contributed by atoms with E-state index in [1.165, 1.54) is 11.1 Å². The smallest absolute Gasteiger partial charge is 0.0346 e. The van der Waals surface area contributed by atoms with Crippen molar-refractivity contribution in [3.05, 3.63) is 54.7 Å². The third-order valence-corrected chi connectivity index (χ3v) is 1.86. The Balaban J connectivity index is 2.31. The molecule has 0 atom stereocenters. The zero-order chi connectivity index (χ0) is 8.23. The summed E-state index contributed by atoms with van der Waals surface area (Å²) in [5, 5.41) is 0. The molecule has 0 aromatic carbocycles. The number of allylic oxidation sites excluding steroid dienone is 4. The molecule has 59 valence electrons. The van der Waals surface area contributed by atoms with Crippen molar-refractivity contribution in [2.24, 2.45) is 0 Å². The van der Waals surface area contributed by atoms with E-state index >= 15 is 0 Å². The maximum absolute atomic E-state index is 4.07. The SMILES string of the molecule is [CH]1C=C(c2cccnc2)C=CC1. The van der Waals surface area contributed by atoms with Crippen LogP contribution in [-0.4, -0.2) is 4.98 Å². The first kappa shape index (κ1) is 7.29. The molecule has 0 spiro atoms. The lowest BCUT2D eigenvalue weighted by atomic mass is 10.0. The van der Waals surface area contributed by atoms with Crippen molar-refractivity contribution in [2.75, 3.05) is 0 Å². The topological polar surface area (TPSA) is 12.9 Å². The lowest BCUT2D eigenvalue weighted by molar-refractivity contribution is 1.26. The molecular formula is C11H10N. The molecule has 0 bridgehead atoms. The van der Waals surface area contributed by atoms with Gasteiger partial charge in [0, 0.05) is 12.4 Å². The summed E-state index contributed by atoms with van der Waals surface area (Å²) in [7, 11) is 0. The first-order valence-corrected chi connectivity index (χ1v) is 4.07. The average molecular weight is 156 g/mol. The van der Waals surface area contributed by atoms with Crippen LogP contribution >= 0.6 is 0 Å². The van der Waals surface area contributed by atoms with Crippen LogP contribution in [0.4, 0.5) is 0 Å². The largest absolute Gasteiger partial charge is 0.264 e. The lowest BCUT2D eigenvalue weighted by Crippen LogP contribution is -1.86. The van der Waals surface area contributed by atoms with E-state index < -0.39 is 0 Å². The van der Waals surface area contributed by atoms with Crippen molar-refractivity contribution in [3.63, 3.8) is 0 Å². The predicted molar refractivity (Wildman–Crippen MR) is 50.3 cm³/mol. The van der Waals surface area contributed by atoms with Gasteiger partial charge in [-0.3, -0.25) is 4.98 Å².